The Balaban J connectivity index is 1.48. The first-order valence-corrected chi connectivity index (χ1v) is 12.9. The SMILES string of the molecule is Cc1c(C2=CCN(S(=O)(=O)c3cccc([N+](=O)[O-])c3)CC2)c2ccccc2n1Cc1ccccc1. The first-order chi connectivity index (χ1) is 16.9. The largest absolute Gasteiger partial charge is 0.340 e. The zero-order chi connectivity index (χ0) is 24.6. The van der Waals surface area contributed by atoms with Gasteiger partial charge in [0.2, 0.25) is 10.0 Å². The molecule has 0 aliphatic carbocycles. The molecule has 8 heteroatoms. The highest BCUT2D eigenvalue weighted by molar-refractivity contribution is 7.89. The number of para-hydroxylation sites is 1. The van der Waals surface area contributed by atoms with Crippen molar-refractivity contribution in [1.29, 1.82) is 0 Å². The third-order valence-electron chi connectivity index (χ3n) is 6.57. The molecule has 178 valence electrons. The standard InChI is InChI=1S/C27H25N3O4S/c1-20-27(25-12-5-6-13-26(25)29(20)19-21-8-3-2-4-9-21)22-14-16-28(17-15-22)35(33,34)24-11-7-10-23(18-24)30(31)32/h2-14,18H,15-17,19H2,1H3. The van der Waals surface area contributed by atoms with Crippen LogP contribution in [0.4, 0.5) is 5.69 Å². The number of nitro benzene ring substituents is 1. The number of hydrogen-bond donors (Lipinski definition) is 0. The Bertz CT molecular complexity index is 1560. The summed E-state index contributed by atoms with van der Waals surface area (Å²) in [6.45, 7) is 3.41. The monoisotopic (exact) mass is 487 g/mol. The van der Waals surface area contributed by atoms with Gasteiger partial charge in [0.15, 0.2) is 0 Å². The lowest BCUT2D eigenvalue weighted by molar-refractivity contribution is -0.385. The van der Waals surface area contributed by atoms with Gasteiger partial charge in [-0.3, -0.25) is 10.1 Å². The molecule has 0 saturated carbocycles. The molecular weight excluding hydrogens is 462 g/mol. The summed E-state index contributed by atoms with van der Waals surface area (Å²) in [6.07, 6.45) is 2.54. The number of sulfonamides is 1. The Kier molecular flexibility index (Phi) is 6.00. The quantitative estimate of drug-likeness (QED) is 0.270. The minimum absolute atomic E-state index is 0.0563. The summed E-state index contributed by atoms with van der Waals surface area (Å²) in [5.41, 5.74) is 5.56. The molecule has 2 heterocycles. The van der Waals surface area contributed by atoms with E-state index in [0.29, 0.717) is 13.0 Å². The molecule has 1 aliphatic heterocycles. The minimum atomic E-state index is -3.83. The fourth-order valence-corrected chi connectivity index (χ4v) is 6.23. The summed E-state index contributed by atoms with van der Waals surface area (Å²) in [5, 5.41) is 12.3. The van der Waals surface area contributed by atoms with Crippen molar-refractivity contribution >= 4 is 32.2 Å². The van der Waals surface area contributed by atoms with Crippen LogP contribution in [0.25, 0.3) is 16.5 Å². The van der Waals surface area contributed by atoms with E-state index >= 15 is 0 Å². The van der Waals surface area contributed by atoms with Gasteiger partial charge in [0.25, 0.3) is 5.69 Å². The maximum Gasteiger partial charge on any atom is 0.270 e. The van der Waals surface area contributed by atoms with Gasteiger partial charge in [0.05, 0.1) is 9.82 Å². The zero-order valence-corrected chi connectivity index (χ0v) is 20.1. The van der Waals surface area contributed by atoms with Crippen molar-refractivity contribution in [1.82, 2.24) is 8.87 Å². The molecule has 3 aromatic carbocycles. The smallest absolute Gasteiger partial charge is 0.270 e. The third-order valence-corrected chi connectivity index (χ3v) is 8.43. The summed E-state index contributed by atoms with van der Waals surface area (Å²) in [6, 6.07) is 23.8. The second-order valence-electron chi connectivity index (χ2n) is 8.65. The highest BCUT2D eigenvalue weighted by Gasteiger charge is 2.29. The van der Waals surface area contributed by atoms with Crippen molar-refractivity contribution in [2.24, 2.45) is 0 Å². The molecule has 0 radical (unpaired) electrons. The average Bonchev–Trinajstić information content (AvgIpc) is 3.16. The number of rotatable bonds is 6. The first kappa shape index (κ1) is 23.0. The number of benzene rings is 3. The molecule has 7 nitrogen and oxygen atoms in total. The van der Waals surface area contributed by atoms with Crippen LogP contribution in [-0.2, 0) is 16.6 Å². The average molecular weight is 488 g/mol. The van der Waals surface area contributed by atoms with E-state index in [1.807, 2.05) is 36.4 Å². The van der Waals surface area contributed by atoms with E-state index in [2.05, 4.69) is 35.8 Å². The molecule has 35 heavy (non-hydrogen) atoms. The first-order valence-electron chi connectivity index (χ1n) is 11.4. The molecule has 1 aliphatic rings. The van der Waals surface area contributed by atoms with E-state index in [0.717, 1.165) is 40.3 Å². The van der Waals surface area contributed by atoms with Crippen LogP contribution in [-0.4, -0.2) is 35.3 Å². The van der Waals surface area contributed by atoms with Crippen LogP contribution in [0.1, 0.15) is 23.2 Å². The van der Waals surface area contributed by atoms with Gasteiger partial charge >= 0.3 is 0 Å². The van der Waals surface area contributed by atoms with E-state index in [1.165, 1.54) is 28.1 Å². The molecule has 4 aromatic rings. The highest BCUT2D eigenvalue weighted by Crippen LogP contribution is 2.36. The Morgan fingerprint density at radius 2 is 1.71 bits per heavy atom. The Labute approximate surface area is 204 Å². The van der Waals surface area contributed by atoms with Crippen LogP contribution in [0.2, 0.25) is 0 Å². The maximum absolute atomic E-state index is 13.2. The van der Waals surface area contributed by atoms with Gasteiger partial charge in [-0.15, -0.1) is 0 Å². The van der Waals surface area contributed by atoms with Crippen LogP contribution in [0, 0.1) is 17.0 Å². The van der Waals surface area contributed by atoms with Crippen molar-refractivity contribution in [3.63, 3.8) is 0 Å². The van der Waals surface area contributed by atoms with Crippen molar-refractivity contribution in [2.75, 3.05) is 13.1 Å². The molecule has 0 fully saturated rings. The van der Waals surface area contributed by atoms with E-state index in [9.17, 15) is 18.5 Å². The van der Waals surface area contributed by atoms with Crippen molar-refractivity contribution in [2.45, 2.75) is 24.8 Å². The van der Waals surface area contributed by atoms with Crippen molar-refractivity contribution in [3.05, 3.63) is 112 Å². The van der Waals surface area contributed by atoms with E-state index < -0.39 is 14.9 Å². The van der Waals surface area contributed by atoms with Gasteiger partial charge in [0, 0.05) is 53.9 Å². The second-order valence-corrected chi connectivity index (χ2v) is 10.6. The predicted molar refractivity (Wildman–Crippen MR) is 137 cm³/mol. The molecule has 0 saturated heterocycles. The number of nitrogens with zero attached hydrogens (tertiary/aromatic N) is 3. The molecule has 1 aromatic heterocycles. The summed E-state index contributed by atoms with van der Waals surface area (Å²) < 4.78 is 30.0. The van der Waals surface area contributed by atoms with Crippen LogP contribution in [0.3, 0.4) is 0 Å². The predicted octanol–water partition coefficient (Wildman–Crippen LogP) is 5.38. The Morgan fingerprint density at radius 1 is 0.971 bits per heavy atom. The minimum Gasteiger partial charge on any atom is -0.340 e. The van der Waals surface area contributed by atoms with Gasteiger partial charge in [-0.25, -0.2) is 8.42 Å². The number of non-ortho nitro benzene ring substituents is 1. The highest BCUT2D eigenvalue weighted by atomic mass is 32.2. The lowest BCUT2D eigenvalue weighted by Crippen LogP contribution is -2.34. The Morgan fingerprint density at radius 3 is 2.43 bits per heavy atom. The zero-order valence-electron chi connectivity index (χ0n) is 19.3. The molecule has 0 amide bonds. The van der Waals surface area contributed by atoms with Gasteiger partial charge in [-0.1, -0.05) is 60.7 Å². The van der Waals surface area contributed by atoms with Gasteiger partial charge in [-0.05, 0) is 36.6 Å². The fraction of sp³-hybridized carbons (Fsp3) is 0.185. The fourth-order valence-electron chi connectivity index (χ4n) is 4.81. The number of hydrogen-bond acceptors (Lipinski definition) is 4. The summed E-state index contributed by atoms with van der Waals surface area (Å²) in [7, 11) is -3.83. The van der Waals surface area contributed by atoms with Crippen LogP contribution in [0.5, 0.6) is 0 Å². The number of fused-ring (bicyclic) bond motifs is 1. The van der Waals surface area contributed by atoms with Gasteiger partial charge in [0.1, 0.15) is 0 Å². The number of nitro groups is 1. The molecular formula is C27H25N3O4S. The molecule has 5 rings (SSSR count). The van der Waals surface area contributed by atoms with Gasteiger partial charge < -0.3 is 4.57 Å². The molecule has 0 unspecified atom stereocenters. The Hall–Kier alpha value is -3.75. The molecule has 0 atom stereocenters. The summed E-state index contributed by atoms with van der Waals surface area (Å²) >= 11 is 0. The van der Waals surface area contributed by atoms with Crippen LogP contribution >= 0.6 is 0 Å². The number of aromatic nitrogens is 1. The lowest BCUT2D eigenvalue weighted by Gasteiger charge is -2.26. The van der Waals surface area contributed by atoms with E-state index in [4.69, 9.17) is 0 Å². The van der Waals surface area contributed by atoms with E-state index in [1.54, 1.807) is 0 Å². The van der Waals surface area contributed by atoms with Gasteiger partial charge in [-0.2, -0.15) is 4.31 Å². The molecule has 0 N–H and O–H groups in total. The molecule has 0 bridgehead atoms. The van der Waals surface area contributed by atoms with Crippen LogP contribution in [0.15, 0.2) is 89.8 Å². The second kappa shape index (κ2) is 9.13. The summed E-state index contributed by atoms with van der Waals surface area (Å²) in [5.74, 6) is 0. The van der Waals surface area contributed by atoms with Crippen LogP contribution < -0.4 is 0 Å². The maximum atomic E-state index is 13.2. The van der Waals surface area contributed by atoms with Crippen molar-refractivity contribution in [3.8, 4) is 0 Å². The molecule has 0 spiro atoms. The van der Waals surface area contributed by atoms with Crippen molar-refractivity contribution < 1.29 is 13.3 Å². The lowest BCUT2D eigenvalue weighted by atomic mass is 9.97. The topological polar surface area (TPSA) is 85.4 Å². The normalized spacial score (nSPS) is 14.7. The third kappa shape index (κ3) is 4.26. The van der Waals surface area contributed by atoms with E-state index in [-0.39, 0.29) is 17.1 Å². The summed E-state index contributed by atoms with van der Waals surface area (Å²) in [4.78, 5) is 10.5.